The number of rotatable bonds is 3. The van der Waals surface area contributed by atoms with E-state index in [1.54, 1.807) is 12.3 Å². The van der Waals surface area contributed by atoms with Gasteiger partial charge in [-0.1, -0.05) is 18.7 Å². The number of pyridine rings is 1. The highest BCUT2D eigenvalue weighted by atomic mass is 19.1. The molecule has 3 N–H and O–H groups in total. The Kier molecular flexibility index (Phi) is 5.50. The highest BCUT2D eigenvalue weighted by Gasteiger charge is 2.25. The summed E-state index contributed by atoms with van der Waals surface area (Å²) in [6.45, 7) is 8.47. The van der Waals surface area contributed by atoms with Crippen LogP contribution < -0.4 is 16.0 Å². The van der Waals surface area contributed by atoms with Gasteiger partial charge in [0.05, 0.1) is 5.56 Å². The minimum absolute atomic E-state index is 0.0957. The van der Waals surface area contributed by atoms with Gasteiger partial charge in [-0.25, -0.2) is 13.8 Å². The Morgan fingerprint density at radius 1 is 1.00 bits per heavy atom. The summed E-state index contributed by atoms with van der Waals surface area (Å²) in [6, 6.07) is 11.2. The van der Waals surface area contributed by atoms with E-state index < -0.39 is 11.6 Å². The number of nitrogens with zero attached hydrogens (tertiary/aromatic N) is 3. The summed E-state index contributed by atoms with van der Waals surface area (Å²) >= 11 is 0. The van der Waals surface area contributed by atoms with Crippen LogP contribution in [-0.2, 0) is 6.42 Å². The van der Waals surface area contributed by atoms with Crippen molar-refractivity contribution in [2.45, 2.75) is 6.42 Å². The van der Waals surface area contributed by atoms with E-state index in [1.165, 1.54) is 6.07 Å². The summed E-state index contributed by atoms with van der Waals surface area (Å²) in [7, 11) is 2.13. The summed E-state index contributed by atoms with van der Waals surface area (Å²) in [5.41, 5.74) is 10.5. The summed E-state index contributed by atoms with van der Waals surface area (Å²) < 4.78 is 30.6. The van der Waals surface area contributed by atoms with Crippen molar-refractivity contribution in [2.75, 3.05) is 50.4 Å². The lowest BCUT2D eigenvalue weighted by atomic mass is 9.91. The number of anilines is 2. The Bertz CT molecular complexity index is 1210. The molecule has 2 aromatic carbocycles. The third kappa shape index (κ3) is 3.93. The summed E-state index contributed by atoms with van der Waals surface area (Å²) in [5.74, 6) is -1.17. The van der Waals surface area contributed by atoms with Crippen molar-refractivity contribution in [1.82, 2.24) is 15.2 Å². The minimum atomic E-state index is -0.674. The van der Waals surface area contributed by atoms with E-state index in [0.717, 1.165) is 43.0 Å². The predicted molar refractivity (Wildman–Crippen MR) is 130 cm³/mol. The molecular formula is C26H27F2N5. The zero-order valence-electron chi connectivity index (χ0n) is 18.7. The second kappa shape index (κ2) is 8.48. The SMILES string of the molecule is C=C1NCCc2c1cc(F)c(-c1cc(-c3ccc(N4CCN(C)CC4)cc3)cnc1N)c2F. The molecule has 0 saturated carbocycles. The lowest BCUT2D eigenvalue weighted by Crippen LogP contribution is -2.44. The molecule has 0 aliphatic carbocycles. The fraction of sp³-hybridized carbons (Fsp3) is 0.269. The molecule has 0 bridgehead atoms. The van der Waals surface area contributed by atoms with E-state index >= 15 is 8.78 Å². The average molecular weight is 448 g/mol. The molecule has 5 rings (SSSR count). The maximum Gasteiger partial charge on any atom is 0.138 e. The first-order chi connectivity index (χ1) is 15.9. The van der Waals surface area contributed by atoms with Crippen LogP contribution in [0, 0.1) is 11.6 Å². The predicted octanol–water partition coefficient (Wildman–Crippen LogP) is 4.14. The minimum Gasteiger partial charge on any atom is -0.385 e. The zero-order chi connectivity index (χ0) is 23.1. The topological polar surface area (TPSA) is 57.4 Å². The quantitative estimate of drug-likeness (QED) is 0.632. The van der Waals surface area contributed by atoms with Crippen LogP contribution in [-0.4, -0.2) is 49.7 Å². The van der Waals surface area contributed by atoms with Crippen LogP contribution in [0.4, 0.5) is 20.3 Å². The van der Waals surface area contributed by atoms with E-state index in [2.05, 4.69) is 45.9 Å². The van der Waals surface area contributed by atoms with Crippen LogP contribution in [0.25, 0.3) is 28.0 Å². The molecule has 170 valence electrons. The lowest BCUT2D eigenvalue weighted by Gasteiger charge is -2.34. The fourth-order valence-corrected chi connectivity index (χ4v) is 4.62. The number of hydrogen-bond acceptors (Lipinski definition) is 5. The average Bonchev–Trinajstić information content (AvgIpc) is 2.82. The molecule has 1 saturated heterocycles. The first kappa shape index (κ1) is 21.4. The Labute approximate surface area is 192 Å². The molecule has 0 amide bonds. The van der Waals surface area contributed by atoms with E-state index in [-0.39, 0.29) is 16.9 Å². The van der Waals surface area contributed by atoms with Gasteiger partial charge in [0.15, 0.2) is 0 Å². The summed E-state index contributed by atoms with van der Waals surface area (Å²) in [4.78, 5) is 8.94. The zero-order valence-corrected chi connectivity index (χ0v) is 18.7. The molecule has 1 aromatic heterocycles. The molecule has 0 atom stereocenters. The van der Waals surface area contributed by atoms with Crippen LogP contribution >= 0.6 is 0 Å². The first-order valence-corrected chi connectivity index (χ1v) is 11.2. The van der Waals surface area contributed by atoms with Crippen molar-refractivity contribution in [1.29, 1.82) is 0 Å². The molecule has 3 heterocycles. The Hall–Kier alpha value is -3.45. The van der Waals surface area contributed by atoms with Gasteiger partial charge in [0.25, 0.3) is 0 Å². The van der Waals surface area contributed by atoms with Gasteiger partial charge in [-0.2, -0.15) is 0 Å². The maximum absolute atomic E-state index is 15.5. The number of halogens is 2. The number of nitrogen functional groups attached to an aromatic ring is 1. The van der Waals surface area contributed by atoms with E-state index in [1.807, 2.05) is 12.1 Å². The number of benzene rings is 2. The number of aromatic nitrogens is 1. The normalized spacial score (nSPS) is 16.5. The highest BCUT2D eigenvalue weighted by Crippen LogP contribution is 2.37. The van der Waals surface area contributed by atoms with Crippen molar-refractivity contribution in [3.05, 3.63) is 71.9 Å². The second-order valence-corrected chi connectivity index (χ2v) is 8.72. The number of fused-ring (bicyclic) bond motifs is 1. The molecular weight excluding hydrogens is 420 g/mol. The molecule has 3 aromatic rings. The molecule has 7 heteroatoms. The van der Waals surface area contributed by atoms with Crippen molar-refractivity contribution in [3.63, 3.8) is 0 Å². The van der Waals surface area contributed by atoms with Crippen molar-refractivity contribution in [3.8, 4) is 22.3 Å². The van der Waals surface area contributed by atoms with E-state index in [9.17, 15) is 0 Å². The van der Waals surface area contributed by atoms with E-state index in [4.69, 9.17) is 5.73 Å². The molecule has 2 aliphatic heterocycles. The van der Waals surface area contributed by atoms with Gasteiger partial charge in [-0.15, -0.1) is 0 Å². The first-order valence-electron chi connectivity index (χ1n) is 11.2. The van der Waals surface area contributed by atoms with Crippen LogP contribution in [0.3, 0.4) is 0 Å². The van der Waals surface area contributed by atoms with Gasteiger partial charge in [0.1, 0.15) is 17.5 Å². The molecule has 0 spiro atoms. The molecule has 0 radical (unpaired) electrons. The van der Waals surface area contributed by atoms with Gasteiger partial charge in [-0.3, -0.25) is 0 Å². The standard InChI is InChI=1S/C26H27F2N5/c1-16-21-14-23(27)24(25(28)20(21)7-8-30-16)22-13-18(15-31-26(22)29)17-3-5-19(6-4-17)33-11-9-32(2)10-12-33/h3-6,13-15,30H,1,7-12H2,2H3,(H2,29,31). The maximum atomic E-state index is 15.5. The van der Waals surface area contributed by atoms with Gasteiger partial charge in [0, 0.05) is 67.0 Å². The third-order valence-corrected chi connectivity index (χ3v) is 6.61. The highest BCUT2D eigenvalue weighted by molar-refractivity contribution is 5.82. The Morgan fingerprint density at radius 3 is 2.45 bits per heavy atom. The summed E-state index contributed by atoms with van der Waals surface area (Å²) in [6.07, 6.45) is 2.10. The van der Waals surface area contributed by atoms with Gasteiger partial charge in [-0.05, 0) is 48.9 Å². The third-order valence-electron chi connectivity index (χ3n) is 6.61. The monoisotopic (exact) mass is 447 g/mol. The largest absolute Gasteiger partial charge is 0.385 e. The fourth-order valence-electron chi connectivity index (χ4n) is 4.62. The molecule has 33 heavy (non-hydrogen) atoms. The van der Waals surface area contributed by atoms with Crippen LogP contribution in [0.2, 0.25) is 0 Å². The molecule has 1 fully saturated rings. The summed E-state index contributed by atoms with van der Waals surface area (Å²) in [5, 5.41) is 3.05. The van der Waals surface area contributed by atoms with Crippen LogP contribution in [0.5, 0.6) is 0 Å². The number of nitrogens with one attached hydrogen (secondary N) is 1. The van der Waals surface area contributed by atoms with E-state index in [0.29, 0.717) is 29.8 Å². The molecule has 2 aliphatic rings. The number of hydrogen-bond donors (Lipinski definition) is 2. The lowest BCUT2D eigenvalue weighted by molar-refractivity contribution is 0.313. The number of likely N-dealkylation sites (N-methyl/N-ethyl adjacent to an activating group) is 1. The van der Waals surface area contributed by atoms with Gasteiger partial charge >= 0.3 is 0 Å². The smallest absolute Gasteiger partial charge is 0.138 e. The number of piperazine rings is 1. The second-order valence-electron chi connectivity index (χ2n) is 8.72. The molecule has 0 unspecified atom stereocenters. The van der Waals surface area contributed by atoms with Crippen molar-refractivity contribution < 1.29 is 8.78 Å². The number of nitrogens with two attached hydrogens (primary N) is 1. The Balaban J connectivity index is 1.50. The van der Waals surface area contributed by atoms with Gasteiger partial charge < -0.3 is 20.9 Å². The van der Waals surface area contributed by atoms with Crippen LogP contribution in [0.1, 0.15) is 11.1 Å². The molecule has 5 nitrogen and oxygen atoms in total. The Morgan fingerprint density at radius 2 is 1.73 bits per heavy atom. The van der Waals surface area contributed by atoms with Crippen molar-refractivity contribution in [2.24, 2.45) is 0 Å². The van der Waals surface area contributed by atoms with Crippen LogP contribution in [0.15, 0.2) is 49.2 Å². The van der Waals surface area contributed by atoms with Crippen molar-refractivity contribution >= 4 is 17.2 Å². The van der Waals surface area contributed by atoms with Gasteiger partial charge in [0.2, 0.25) is 0 Å².